The number of carbonyl (C=O) groups is 2. The molecule has 0 saturated carbocycles. The van der Waals surface area contributed by atoms with Crippen molar-refractivity contribution in [3.63, 3.8) is 0 Å². The highest BCUT2D eigenvalue weighted by atomic mass is 16.3. The summed E-state index contributed by atoms with van der Waals surface area (Å²) in [6.45, 7) is 5.04. The number of aromatic nitrogens is 1. The van der Waals surface area contributed by atoms with Gasteiger partial charge in [-0.1, -0.05) is 19.9 Å². The molecule has 0 unspecified atom stereocenters. The molecule has 0 bridgehead atoms. The fraction of sp³-hybridized carbons (Fsp3) is 0.389. The van der Waals surface area contributed by atoms with E-state index in [2.05, 4.69) is 15.6 Å². The molecule has 2 heterocycles. The van der Waals surface area contributed by atoms with Crippen LogP contribution in [-0.2, 0) is 4.79 Å². The second-order valence-electron chi connectivity index (χ2n) is 6.48. The van der Waals surface area contributed by atoms with Crippen molar-refractivity contribution in [3.05, 3.63) is 36.7 Å². The smallest absolute Gasteiger partial charge is 0.322 e. The van der Waals surface area contributed by atoms with Crippen molar-refractivity contribution in [2.24, 2.45) is 5.92 Å². The van der Waals surface area contributed by atoms with Crippen molar-refractivity contribution in [2.45, 2.75) is 26.3 Å². The van der Waals surface area contributed by atoms with Gasteiger partial charge >= 0.3 is 6.03 Å². The predicted octanol–water partition coefficient (Wildman–Crippen LogP) is 2.72. The maximum atomic E-state index is 12.7. The molecule has 1 fully saturated rings. The van der Waals surface area contributed by atoms with E-state index in [-0.39, 0.29) is 11.9 Å². The molecule has 3 amide bonds. The third-order valence-corrected chi connectivity index (χ3v) is 4.08. The van der Waals surface area contributed by atoms with Crippen LogP contribution in [0.15, 0.2) is 41.1 Å². The number of carbonyl (C=O) groups excluding carboxylic acids is 2. The van der Waals surface area contributed by atoms with Crippen LogP contribution in [0.2, 0.25) is 0 Å². The zero-order chi connectivity index (χ0) is 17.8. The predicted molar refractivity (Wildman–Crippen MR) is 93.9 cm³/mol. The van der Waals surface area contributed by atoms with Gasteiger partial charge < -0.3 is 20.0 Å². The summed E-state index contributed by atoms with van der Waals surface area (Å²) >= 11 is 0. The van der Waals surface area contributed by atoms with Crippen molar-refractivity contribution in [3.8, 4) is 11.5 Å². The van der Waals surface area contributed by atoms with Gasteiger partial charge in [-0.2, -0.15) is 0 Å². The van der Waals surface area contributed by atoms with Gasteiger partial charge in [0.1, 0.15) is 12.3 Å². The van der Waals surface area contributed by atoms with Crippen LogP contribution < -0.4 is 10.6 Å². The minimum Gasteiger partial charge on any atom is -0.445 e. The van der Waals surface area contributed by atoms with E-state index < -0.39 is 6.04 Å². The Hall–Kier alpha value is -2.83. The lowest BCUT2D eigenvalue weighted by Crippen LogP contribution is -2.58. The lowest BCUT2D eigenvalue weighted by Gasteiger charge is -2.35. The van der Waals surface area contributed by atoms with Gasteiger partial charge in [0, 0.05) is 24.3 Å². The average molecular weight is 342 g/mol. The summed E-state index contributed by atoms with van der Waals surface area (Å²) in [5.74, 6) is 0.715. The molecule has 25 heavy (non-hydrogen) atoms. The Morgan fingerprint density at radius 3 is 3.04 bits per heavy atom. The van der Waals surface area contributed by atoms with Gasteiger partial charge in [-0.25, -0.2) is 9.78 Å². The Labute approximate surface area is 146 Å². The molecule has 1 aliphatic rings. The van der Waals surface area contributed by atoms with Crippen LogP contribution in [0.1, 0.15) is 20.3 Å². The first-order valence-corrected chi connectivity index (χ1v) is 8.40. The van der Waals surface area contributed by atoms with Gasteiger partial charge in [0.15, 0.2) is 0 Å². The lowest BCUT2D eigenvalue weighted by molar-refractivity contribution is -0.128. The molecule has 0 spiro atoms. The number of anilines is 1. The van der Waals surface area contributed by atoms with Gasteiger partial charge in [-0.05, 0) is 30.5 Å². The van der Waals surface area contributed by atoms with Crippen LogP contribution in [-0.4, -0.2) is 41.0 Å². The topological polar surface area (TPSA) is 87.5 Å². The number of piperazine rings is 1. The zero-order valence-corrected chi connectivity index (χ0v) is 14.4. The number of amides is 3. The van der Waals surface area contributed by atoms with Crippen LogP contribution in [0.3, 0.4) is 0 Å². The molecular formula is C18H22N4O3. The third-order valence-electron chi connectivity index (χ3n) is 4.08. The van der Waals surface area contributed by atoms with Gasteiger partial charge in [0.05, 0.1) is 6.20 Å². The molecule has 2 aromatic rings. The van der Waals surface area contributed by atoms with Crippen molar-refractivity contribution in [1.82, 2.24) is 15.2 Å². The standard InChI is InChI=1S/C18H22N4O3/c1-12(2)10-15-16(23)19-6-8-22(15)18(24)21-14-5-3-4-13(11-14)17-20-7-9-25-17/h3-5,7,9,11-12,15H,6,8,10H2,1-2H3,(H,19,23)(H,21,24)/t15-/m1/s1. The highest BCUT2D eigenvalue weighted by Crippen LogP contribution is 2.22. The van der Waals surface area contributed by atoms with Gasteiger partial charge in [0.2, 0.25) is 11.8 Å². The highest BCUT2D eigenvalue weighted by molar-refractivity contribution is 5.94. The van der Waals surface area contributed by atoms with E-state index in [0.717, 1.165) is 5.56 Å². The van der Waals surface area contributed by atoms with Crippen molar-refractivity contribution >= 4 is 17.6 Å². The van der Waals surface area contributed by atoms with Crippen molar-refractivity contribution < 1.29 is 14.0 Å². The minimum atomic E-state index is -0.441. The van der Waals surface area contributed by atoms with E-state index >= 15 is 0 Å². The number of oxazole rings is 1. The number of nitrogens with zero attached hydrogens (tertiary/aromatic N) is 2. The molecule has 1 saturated heterocycles. The molecule has 0 radical (unpaired) electrons. The Kier molecular flexibility index (Phi) is 5.02. The summed E-state index contributed by atoms with van der Waals surface area (Å²) in [7, 11) is 0. The van der Waals surface area contributed by atoms with Crippen molar-refractivity contribution in [1.29, 1.82) is 0 Å². The fourth-order valence-electron chi connectivity index (χ4n) is 2.93. The van der Waals surface area contributed by atoms with Crippen molar-refractivity contribution in [2.75, 3.05) is 18.4 Å². The maximum absolute atomic E-state index is 12.7. The molecule has 7 heteroatoms. The number of rotatable bonds is 4. The SMILES string of the molecule is CC(C)C[C@@H]1C(=O)NCCN1C(=O)Nc1cccc(-c2ncco2)c1. The summed E-state index contributed by atoms with van der Waals surface area (Å²) in [5, 5.41) is 5.71. The molecule has 132 valence electrons. The second-order valence-corrected chi connectivity index (χ2v) is 6.48. The molecule has 1 atom stereocenters. The minimum absolute atomic E-state index is 0.0939. The maximum Gasteiger partial charge on any atom is 0.322 e. The van der Waals surface area contributed by atoms with Crippen LogP contribution in [0, 0.1) is 5.92 Å². The Morgan fingerprint density at radius 2 is 2.32 bits per heavy atom. The number of nitrogens with one attached hydrogen (secondary N) is 2. The Bertz CT molecular complexity index is 743. The average Bonchev–Trinajstić information content (AvgIpc) is 3.11. The molecular weight excluding hydrogens is 320 g/mol. The molecule has 1 aromatic carbocycles. The number of benzene rings is 1. The second kappa shape index (κ2) is 7.38. The molecule has 7 nitrogen and oxygen atoms in total. The summed E-state index contributed by atoms with van der Waals surface area (Å²) < 4.78 is 5.28. The summed E-state index contributed by atoms with van der Waals surface area (Å²) in [4.78, 5) is 30.6. The first-order chi connectivity index (χ1) is 12.0. The number of urea groups is 1. The van der Waals surface area contributed by atoms with Crippen LogP contribution >= 0.6 is 0 Å². The zero-order valence-electron chi connectivity index (χ0n) is 14.4. The molecule has 3 rings (SSSR count). The quantitative estimate of drug-likeness (QED) is 0.894. The number of hydrogen-bond acceptors (Lipinski definition) is 4. The normalized spacial score (nSPS) is 17.5. The van der Waals surface area contributed by atoms with Gasteiger partial charge in [-0.3, -0.25) is 4.79 Å². The molecule has 1 aliphatic heterocycles. The first kappa shape index (κ1) is 17.0. The van der Waals surface area contributed by atoms with Gasteiger partial charge in [0.25, 0.3) is 0 Å². The fourth-order valence-corrected chi connectivity index (χ4v) is 2.93. The molecule has 0 aliphatic carbocycles. The summed E-state index contributed by atoms with van der Waals surface area (Å²) in [5.41, 5.74) is 1.41. The van der Waals surface area contributed by atoms with E-state index in [9.17, 15) is 9.59 Å². The lowest BCUT2D eigenvalue weighted by atomic mass is 10.0. The van der Waals surface area contributed by atoms with Crippen LogP contribution in [0.4, 0.5) is 10.5 Å². The van der Waals surface area contributed by atoms with E-state index in [1.165, 1.54) is 6.26 Å². The highest BCUT2D eigenvalue weighted by Gasteiger charge is 2.33. The van der Waals surface area contributed by atoms with E-state index in [1.807, 2.05) is 26.0 Å². The largest absolute Gasteiger partial charge is 0.445 e. The van der Waals surface area contributed by atoms with Gasteiger partial charge in [-0.15, -0.1) is 0 Å². The van der Waals surface area contributed by atoms with E-state index in [4.69, 9.17) is 4.42 Å². The monoisotopic (exact) mass is 342 g/mol. The van der Waals surface area contributed by atoms with E-state index in [0.29, 0.717) is 37.0 Å². The van der Waals surface area contributed by atoms with E-state index in [1.54, 1.807) is 23.2 Å². The first-order valence-electron chi connectivity index (χ1n) is 8.40. The molecule has 2 N–H and O–H groups in total. The third kappa shape index (κ3) is 3.99. The number of hydrogen-bond donors (Lipinski definition) is 2. The summed E-state index contributed by atoms with van der Waals surface area (Å²) in [6.07, 6.45) is 3.71. The van der Waals surface area contributed by atoms with Crippen LogP contribution in [0.5, 0.6) is 0 Å². The summed E-state index contributed by atoms with van der Waals surface area (Å²) in [6, 6.07) is 6.56. The molecule has 1 aromatic heterocycles. The van der Waals surface area contributed by atoms with Crippen LogP contribution in [0.25, 0.3) is 11.5 Å². The Balaban J connectivity index is 1.74. The Morgan fingerprint density at radius 1 is 1.48 bits per heavy atom.